The lowest BCUT2D eigenvalue weighted by Gasteiger charge is -2.37. The fraction of sp³-hybridized carbons (Fsp3) is 0.731. The summed E-state index contributed by atoms with van der Waals surface area (Å²) in [5, 5.41) is 0. The molecule has 31 heavy (non-hydrogen) atoms. The van der Waals surface area contributed by atoms with Gasteiger partial charge < -0.3 is 9.64 Å². The first kappa shape index (κ1) is 24.2. The van der Waals surface area contributed by atoms with Crippen LogP contribution < -0.4 is 4.90 Å². The molecule has 1 aliphatic carbocycles. The van der Waals surface area contributed by atoms with Gasteiger partial charge >= 0.3 is 0 Å². The molecule has 1 heterocycles. The average molecular weight is 433 g/mol. The van der Waals surface area contributed by atoms with Gasteiger partial charge in [-0.2, -0.15) is 0 Å². The Morgan fingerprint density at radius 3 is 2.29 bits per heavy atom. The summed E-state index contributed by atoms with van der Waals surface area (Å²) in [6, 6.07) is 7.12. The van der Waals surface area contributed by atoms with Gasteiger partial charge in [-0.15, -0.1) is 0 Å². The Bertz CT molecular complexity index is 653. The summed E-state index contributed by atoms with van der Waals surface area (Å²) >= 11 is 0. The van der Waals surface area contributed by atoms with Crippen LogP contribution in [0.15, 0.2) is 24.3 Å². The molecule has 1 aromatic carbocycles. The van der Waals surface area contributed by atoms with Crippen LogP contribution in [-0.2, 0) is 9.53 Å². The Balaban J connectivity index is 1.24. The van der Waals surface area contributed by atoms with Crippen molar-refractivity contribution in [3.8, 4) is 0 Å². The van der Waals surface area contributed by atoms with E-state index in [0.717, 1.165) is 63.0 Å². The number of ketones is 1. The van der Waals surface area contributed by atoms with Gasteiger partial charge in [0.1, 0.15) is 11.6 Å². The molecule has 1 aliphatic heterocycles. The van der Waals surface area contributed by atoms with E-state index in [-0.39, 0.29) is 5.82 Å². The lowest BCUT2D eigenvalue weighted by atomic mass is 9.78. The lowest BCUT2D eigenvalue weighted by Crippen LogP contribution is -2.47. The maximum absolute atomic E-state index is 14.0. The Hall–Kier alpha value is -1.46. The largest absolute Gasteiger partial charge is 0.385 e. The maximum atomic E-state index is 14.0. The van der Waals surface area contributed by atoms with Crippen LogP contribution >= 0.6 is 0 Å². The van der Waals surface area contributed by atoms with Crippen molar-refractivity contribution >= 4 is 11.5 Å². The van der Waals surface area contributed by atoms with Gasteiger partial charge in [0.2, 0.25) is 0 Å². The smallest absolute Gasteiger partial charge is 0.146 e. The van der Waals surface area contributed by atoms with E-state index in [9.17, 15) is 9.18 Å². The fourth-order valence-corrected chi connectivity index (χ4v) is 5.22. The van der Waals surface area contributed by atoms with Crippen molar-refractivity contribution in [2.24, 2.45) is 11.8 Å². The number of para-hydroxylation sites is 1. The molecule has 0 N–H and O–H groups in total. The summed E-state index contributed by atoms with van der Waals surface area (Å²) in [5.41, 5.74) is 0.747. The van der Waals surface area contributed by atoms with Crippen molar-refractivity contribution in [1.82, 2.24) is 4.90 Å². The monoisotopic (exact) mass is 432 g/mol. The molecule has 3 rings (SSSR count). The van der Waals surface area contributed by atoms with Gasteiger partial charge in [-0.25, -0.2) is 4.39 Å². The normalized spacial score (nSPS) is 22.6. The maximum Gasteiger partial charge on any atom is 0.146 e. The van der Waals surface area contributed by atoms with Crippen LogP contribution in [0.4, 0.5) is 10.1 Å². The second-order valence-corrected chi connectivity index (χ2v) is 9.48. The summed E-state index contributed by atoms with van der Waals surface area (Å²) in [6.45, 7) is 5.76. The lowest BCUT2D eigenvalue weighted by molar-refractivity contribution is -0.119. The highest BCUT2D eigenvalue weighted by molar-refractivity contribution is 5.78. The average Bonchev–Trinajstić information content (AvgIpc) is 2.79. The molecule has 0 radical (unpaired) electrons. The van der Waals surface area contributed by atoms with Crippen molar-refractivity contribution in [1.29, 1.82) is 0 Å². The molecule has 0 unspecified atom stereocenters. The minimum atomic E-state index is -0.108. The number of methoxy groups -OCH3 is 1. The van der Waals surface area contributed by atoms with Gasteiger partial charge in [0.15, 0.2) is 0 Å². The first-order valence-corrected chi connectivity index (χ1v) is 12.4. The van der Waals surface area contributed by atoms with Gasteiger partial charge in [-0.1, -0.05) is 44.2 Å². The van der Waals surface area contributed by atoms with E-state index in [1.807, 2.05) is 12.1 Å². The topological polar surface area (TPSA) is 32.8 Å². The predicted octanol–water partition coefficient (Wildman–Crippen LogP) is 5.31. The van der Waals surface area contributed by atoms with Gasteiger partial charge in [0.05, 0.1) is 5.69 Å². The standard InChI is InChI=1S/C26H41FN2O2/c1-31-21-5-8-24(30)7-4-6-22-11-13-23(14-12-22)15-16-28-17-19-29(20-18-28)26-10-3-2-9-25(26)27/h2-3,9-10,22-23H,4-8,11-21H2,1H3. The summed E-state index contributed by atoms with van der Waals surface area (Å²) < 4.78 is 19.0. The SMILES string of the molecule is COCCCC(=O)CCCC1CCC(CCN2CCN(c3ccccc3F)CC2)CC1. The highest BCUT2D eigenvalue weighted by Crippen LogP contribution is 2.33. The molecule has 4 nitrogen and oxygen atoms in total. The molecule has 2 aliphatic rings. The quantitative estimate of drug-likeness (QED) is 0.419. The van der Waals surface area contributed by atoms with Gasteiger partial charge in [0.25, 0.3) is 0 Å². The number of carbonyl (C=O) groups excluding carboxylic acids is 1. The van der Waals surface area contributed by atoms with E-state index in [1.54, 1.807) is 19.2 Å². The van der Waals surface area contributed by atoms with E-state index < -0.39 is 0 Å². The third kappa shape index (κ3) is 8.19. The van der Waals surface area contributed by atoms with Gasteiger partial charge in [0, 0.05) is 52.7 Å². The number of Topliss-reactive ketones (excluding diaryl/α,β-unsaturated/α-hetero) is 1. The van der Waals surface area contributed by atoms with Gasteiger partial charge in [-0.05, 0) is 49.8 Å². The number of hydrogen-bond donors (Lipinski definition) is 0. The van der Waals surface area contributed by atoms with E-state index in [4.69, 9.17) is 4.74 Å². The minimum absolute atomic E-state index is 0.108. The fourth-order valence-electron chi connectivity index (χ4n) is 5.22. The number of piperazine rings is 1. The number of benzene rings is 1. The zero-order valence-electron chi connectivity index (χ0n) is 19.4. The third-order valence-electron chi connectivity index (χ3n) is 7.26. The van der Waals surface area contributed by atoms with E-state index in [0.29, 0.717) is 18.8 Å². The van der Waals surface area contributed by atoms with E-state index in [2.05, 4.69) is 9.80 Å². The molecular formula is C26H41FN2O2. The van der Waals surface area contributed by atoms with Crippen LogP contribution in [0.2, 0.25) is 0 Å². The van der Waals surface area contributed by atoms with Crippen molar-refractivity contribution < 1.29 is 13.9 Å². The van der Waals surface area contributed by atoms with Crippen molar-refractivity contribution in [3.05, 3.63) is 30.1 Å². The van der Waals surface area contributed by atoms with Crippen LogP contribution in [0.1, 0.15) is 64.2 Å². The molecule has 0 atom stereocenters. The third-order valence-corrected chi connectivity index (χ3v) is 7.26. The van der Waals surface area contributed by atoms with E-state index >= 15 is 0 Å². The summed E-state index contributed by atoms with van der Waals surface area (Å²) in [6.07, 6.45) is 11.2. The van der Waals surface area contributed by atoms with Crippen LogP contribution in [0.5, 0.6) is 0 Å². The van der Waals surface area contributed by atoms with Crippen molar-refractivity contribution in [2.45, 2.75) is 64.2 Å². The van der Waals surface area contributed by atoms with Crippen molar-refractivity contribution in [3.63, 3.8) is 0 Å². The molecule has 0 aromatic heterocycles. The Morgan fingerprint density at radius 2 is 1.61 bits per heavy atom. The van der Waals surface area contributed by atoms with Crippen LogP contribution in [-0.4, -0.2) is 57.1 Å². The number of ether oxygens (including phenoxy) is 1. The van der Waals surface area contributed by atoms with Crippen molar-refractivity contribution in [2.75, 3.05) is 51.3 Å². The second kappa shape index (κ2) is 13.2. The molecule has 174 valence electrons. The molecular weight excluding hydrogens is 391 g/mol. The van der Waals surface area contributed by atoms with Crippen LogP contribution in [0.25, 0.3) is 0 Å². The first-order chi connectivity index (χ1) is 15.2. The Morgan fingerprint density at radius 1 is 0.968 bits per heavy atom. The molecule has 1 saturated carbocycles. The summed E-state index contributed by atoms with van der Waals surface area (Å²) in [7, 11) is 1.69. The molecule has 5 heteroatoms. The van der Waals surface area contributed by atoms with Crippen LogP contribution in [0, 0.1) is 17.7 Å². The molecule has 1 aromatic rings. The highest BCUT2D eigenvalue weighted by atomic mass is 19.1. The molecule has 0 amide bonds. The number of nitrogens with zero attached hydrogens (tertiary/aromatic N) is 2. The number of anilines is 1. The molecule has 0 bridgehead atoms. The minimum Gasteiger partial charge on any atom is -0.385 e. The first-order valence-electron chi connectivity index (χ1n) is 12.4. The summed E-state index contributed by atoms with van der Waals surface area (Å²) in [4.78, 5) is 16.6. The zero-order valence-corrected chi connectivity index (χ0v) is 19.4. The molecule has 0 spiro atoms. The Kier molecular flexibility index (Phi) is 10.3. The molecule has 2 fully saturated rings. The zero-order chi connectivity index (χ0) is 21.9. The number of hydrogen-bond acceptors (Lipinski definition) is 4. The predicted molar refractivity (Wildman–Crippen MR) is 125 cm³/mol. The number of halogens is 1. The van der Waals surface area contributed by atoms with Gasteiger partial charge in [-0.3, -0.25) is 9.69 Å². The number of rotatable bonds is 12. The Labute approximate surface area is 188 Å². The highest BCUT2D eigenvalue weighted by Gasteiger charge is 2.23. The number of carbonyl (C=O) groups is 1. The second-order valence-electron chi connectivity index (χ2n) is 9.48. The molecule has 1 saturated heterocycles. The van der Waals surface area contributed by atoms with E-state index in [1.165, 1.54) is 45.1 Å². The summed E-state index contributed by atoms with van der Waals surface area (Å²) in [5.74, 6) is 1.98. The van der Waals surface area contributed by atoms with Crippen LogP contribution in [0.3, 0.4) is 0 Å².